The Morgan fingerprint density at radius 1 is 1.00 bits per heavy atom. The number of rotatable bonds is 7. The number of ether oxygens (including phenoxy) is 3. The smallest absolute Gasteiger partial charge is 0.319 e. The van der Waals surface area contributed by atoms with Gasteiger partial charge in [0.05, 0.1) is 44.0 Å². The number of likely N-dealkylation sites (tertiary alicyclic amines) is 1. The van der Waals surface area contributed by atoms with Crippen molar-refractivity contribution in [2.45, 2.75) is 108 Å². The fourth-order valence-electron chi connectivity index (χ4n) is 10.6. The lowest BCUT2D eigenvalue weighted by Gasteiger charge is -2.53. The van der Waals surface area contributed by atoms with Crippen molar-refractivity contribution in [3.8, 4) is 23.0 Å². The Balaban J connectivity index is 1.10. The molecule has 10 nitrogen and oxygen atoms in total. The number of phenols is 1. The standard InChI is InChI=1S/C42H51F2N5O5/c1-3-29-32(43)8-7-26-20-28(50)21-30(34(26)29)36-35(44)37-31(22-45-36)38(48-17-19-52-24-40(2,51)23-48)47-39(46-37)53-25-41-11-4-6-33(41)49(16-5-12-41)27-9-13-42(14-10-27)15-18-54-42/h7-8,20-22,27,33,50-51H,3-6,9-19,23-25H2,1-2H3. The van der Waals surface area contributed by atoms with E-state index < -0.39 is 17.2 Å². The summed E-state index contributed by atoms with van der Waals surface area (Å²) in [4.78, 5) is 18.9. The number of anilines is 1. The number of hydrogen-bond acceptors (Lipinski definition) is 10. The number of hydrogen-bond donors (Lipinski definition) is 2. The molecule has 5 heterocycles. The zero-order chi connectivity index (χ0) is 37.2. The molecule has 1 spiro atoms. The Hall–Kier alpha value is -3.71. The van der Waals surface area contributed by atoms with Crippen molar-refractivity contribution in [3.05, 3.63) is 47.7 Å². The summed E-state index contributed by atoms with van der Waals surface area (Å²) in [5, 5.41) is 23.3. The van der Waals surface area contributed by atoms with Gasteiger partial charge >= 0.3 is 6.01 Å². The van der Waals surface area contributed by atoms with Crippen LogP contribution in [-0.2, 0) is 15.9 Å². The molecule has 0 bridgehead atoms. The molecule has 3 atom stereocenters. The van der Waals surface area contributed by atoms with Gasteiger partial charge in [-0.2, -0.15) is 9.97 Å². The van der Waals surface area contributed by atoms with Crippen LogP contribution in [0.25, 0.3) is 32.9 Å². The lowest BCUT2D eigenvalue weighted by atomic mass is 9.72. The third-order valence-electron chi connectivity index (χ3n) is 13.3. The number of nitrogens with zero attached hydrogens (tertiary/aromatic N) is 5. The Morgan fingerprint density at radius 2 is 1.81 bits per heavy atom. The van der Waals surface area contributed by atoms with Gasteiger partial charge in [-0.3, -0.25) is 9.88 Å². The molecule has 0 radical (unpaired) electrons. The van der Waals surface area contributed by atoms with E-state index in [0.717, 1.165) is 58.1 Å². The molecule has 2 aromatic heterocycles. The summed E-state index contributed by atoms with van der Waals surface area (Å²) < 4.78 is 50.7. The van der Waals surface area contributed by atoms with Gasteiger partial charge in [-0.15, -0.1) is 0 Å². The highest BCUT2D eigenvalue weighted by Gasteiger charge is 2.52. The van der Waals surface area contributed by atoms with Crippen molar-refractivity contribution in [1.29, 1.82) is 0 Å². The summed E-state index contributed by atoms with van der Waals surface area (Å²) in [6.07, 6.45) is 13.2. The minimum Gasteiger partial charge on any atom is -0.508 e. The molecule has 288 valence electrons. The predicted molar refractivity (Wildman–Crippen MR) is 202 cm³/mol. The Kier molecular flexibility index (Phi) is 9.18. The fraction of sp³-hybridized carbons (Fsp3) is 0.595. The van der Waals surface area contributed by atoms with Gasteiger partial charge in [0.15, 0.2) is 5.82 Å². The number of aromatic nitrogens is 3. The molecule has 3 saturated heterocycles. The summed E-state index contributed by atoms with van der Waals surface area (Å²) in [7, 11) is 0. The maximum absolute atomic E-state index is 17.2. The van der Waals surface area contributed by atoms with Gasteiger partial charge in [-0.1, -0.05) is 19.4 Å². The van der Waals surface area contributed by atoms with E-state index in [-0.39, 0.29) is 52.7 Å². The summed E-state index contributed by atoms with van der Waals surface area (Å²) in [5.41, 5.74) is -0.441. The molecule has 2 aliphatic carbocycles. The van der Waals surface area contributed by atoms with Crippen molar-refractivity contribution in [2.75, 3.05) is 51.0 Å². The van der Waals surface area contributed by atoms with Crippen molar-refractivity contribution in [1.82, 2.24) is 19.9 Å². The number of halogens is 2. The third-order valence-corrected chi connectivity index (χ3v) is 13.3. The number of aliphatic hydroxyl groups is 1. The summed E-state index contributed by atoms with van der Waals surface area (Å²) in [6.45, 7) is 7.10. The van der Waals surface area contributed by atoms with E-state index in [9.17, 15) is 10.2 Å². The second-order valence-electron chi connectivity index (χ2n) is 16.9. The van der Waals surface area contributed by atoms with Gasteiger partial charge in [0.2, 0.25) is 0 Å². The van der Waals surface area contributed by atoms with E-state index >= 15 is 8.78 Å². The van der Waals surface area contributed by atoms with Crippen LogP contribution in [0.5, 0.6) is 11.8 Å². The highest BCUT2D eigenvalue weighted by Crippen LogP contribution is 2.51. The van der Waals surface area contributed by atoms with Gasteiger partial charge in [0.1, 0.15) is 34.2 Å². The zero-order valence-corrected chi connectivity index (χ0v) is 31.4. The molecule has 9 rings (SSSR count). The molecule has 3 aliphatic heterocycles. The van der Waals surface area contributed by atoms with Crippen molar-refractivity contribution < 1.29 is 33.2 Å². The normalized spacial score (nSPS) is 30.4. The van der Waals surface area contributed by atoms with Crippen LogP contribution in [-0.4, -0.2) is 99.4 Å². The molecule has 3 unspecified atom stereocenters. The van der Waals surface area contributed by atoms with Crippen molar-refractivity contribution in [2.24, 2.45) is 5.41 Å². The van der Waals surface area contributed by atoms with Crippen LogP contribution in [0.3, 0.4) is 0 Å². The van der Waals surface area contributed by atoms with Crippen LogP contribution in [0.1, 0.15) is 83.6 Å². The Labute approximate surface area is 314 Å². The number of benzene rings is 2. The van der Waals surface area contributed by atoms with Crippen LogP contribution in [0.2, 0.25) is 0 Å². The van der Waals surface area contributed by atoms with E-state index in [1.165, 1.54) is 37.6 Å². The molecule has 2 aromatic carbocycles. The fourth-order valence-corrected chi connectivity index (χ4v) is 10.6. The molecule has 2 N–H and O–H groups in total. The number of piperidine rings is 1. The number of phenolic OH excluding ortho intramolecular Hbond substituents is 1. The second kappa shape index (κ2) is 13.8. The minimum absolute atomic E-state index is 0.0100. The van der Waals surface area contributed by atoms with Gasteiger partial charge in [-0.05, 0) is 112 Å². The van der Waals surface area contributed by atoms with Crippen LogP contribution < -0.4 is 9.64 Å². The molecule has 0 amide bonds. The SMILES string of the molecule is CCc1c(F)ccc2cc(O)cc(-c3ncc4c(N5CCOCC(C)(O)C5)nc(OCC56CCCC5N(C5CCC7(CCO7)CC5)CCC6)nc4c3F)c12. The molecule has 4 aromatic rings. The van der Waals surface area contributed by atoms with Gasteiger partial charge < -0.3 is 29.3 Å². The van der Waals surface area contributed by atoms with Gasteiger partial charge in [-0.25, -0.2) is 8.78 Å². The van der Waals surface area contributed by atoms with Crippen LogP contribution in [0, 0.1) is 17.0 Å². The Bertz CT molecular complexity index is 2070. The maximum Gasteiger partial charge on any atom is 0.319 e. The first-order valence-corrected chi connectivity index (χ1v) is 20.0. The molecule has 5 fully saturated rings. The van der Waals surface area contributed by atoms with Gasteiger partial charge in [0.25, 0.3) is 0 Å². The molecule has 54 heavy (non-hydrogen) atoms. The number of pyridine rings is 1. The predicted octanol–water partition coefficient (Wildman–Crippen LogP) is 7.09. The quantitative estimate of drug-likeness (QED) is 0.204. The van der Waals surface area contributed by atoms with Crippen LogP contribution in [0.15, 0.2) is 30.5 Å². The van der Waals surface area contributed by atoms with Crippen molar-refractivity contribution >= 4 is 27.5 Å². The molecular formula is C42H51F2N5O5. The Morgan fingerprint density at radius 3 is 2.59 bits per heavy atom. The van der Waals surface area contributed by atoms with E-state index in [4.69, 9.17) is 24.2 Å². The van der Waals surface area contributed by atoms with Crippen molar-refractivity contribution in [3.63, 3.8) is 0 Å². The monoisotopic (exact) mass is 743 g/mol. The maximum atomic E-state index is 17.2. The van der Waals surface area contributed by atoms with E-state index in [0.29, 0.717) is 65.8 Å². The first kappa shape index (κ1) is 36.0. The number of fused-ring (bicyclic) bond motifs is 3. The molecule has 5 aliphatic rings. The first-order chi connectivity index (χ1) is 26.1. The number of aromatic hydroxyl groups is 1. The van der Waals surface area contributed by atoms with Gasteiger partial charge in [0, 0.05) is 35.8 Å². The summed E-state index contributed by atoms with van der Waals surface area (Å²) in [5.74, 6) is -0.801. The zero-order valence-electron chi connectivity index (χ0n) is 31.4. The molecule has 12 heteroatoms. The second-order valence-corrected chi connectivity index (χ2v) is 16.9. The topological polar surface area (TPSA) is 113 Å². The summed E-state index contributed by atoms with van der Waals surface area (Å²) >= 11 is 0. The average molecular weight is 744 g/mol. The minimum atomic E-state index is -1.17. The molecule has 2 saturated carbocycles. The number of β-amino-alcohol motifs (C(OH)–C–C–N with tert-alkyl or cyclic N) is 1. The summed E-state index contributed by atoms with van der Waals surface area (Å²) in [6, 6.07) is 6.96. The van der Waals surface area contributed by atoms with Crippen LogP contribution in [0.4, 0.5) is 14.6 Å². The first-order valence-electron chi connectivity index (χ1n) is 20.0. The van der Waals surface area contributed by atoms with E-state index in [1.54, 1.807) is 19.1 Å². The lowest BCUT2D eigenvalue weighted by Crippen LogP contribution is -2.58. The highest BCUT2D eigenvalue weighted by atomic mass is 19.1. The lowest BCUT2D eigenvalue weighted by molar-refractivity contribution is -0.175. The van der Waals surface area contributed by atoms with E-state index in [1.807, 2.05) is 11.8 Å². The van der Waals surface area contributed by atoms with Crippen LogP contribution >= 0.6 is 0 Å². The highest BCUT2D eigenvalue weighted by molar-refractivity contribution is 6.01. The molecular weight excluding hydrogens is 692 g/mol. The third kappa shape index (κ3) is 6.27. The average Bonchev–Trinajstić information content (AvgIpc) is 3.50. The largest absolute Gasteiger partial charge is 0.508 e. The van der Waals surface area contributed by atoms with E-state index in [2.05, 4.69) is 9.88 Å². The number of aryl methyl sites for hydroxylation is 1.